The monoisotopic (exact) mass is 253 g/mol. The summed E-state index contributed by atoms with van der Waals surface area (Å²) in [4.78, 5) is 11.0. The van der Waals surface area contributed by atoms with Crippen LogP contribution in [0.2, 0.25) is 0 Å². The molecule has 1 aromatic carbocycles. The van der Waals surface area contributed by atoms with E-state index < -0.39 is 0 Å². The quantitative estimate of drug-likeness (QED) is 0.707. The van der Waals surface area contributed by atoms with Crippen LogP contribution in [0.1, 0.15) is 17.5 Å². The Morgan fingerprint density at radius 3 is 2.83 bits per heavy atom. The molecule has 5 heteroatoms. The number of aliphatic hydroxyl groups excluding tert-OH is 1. The first-order chi connectivity index (χ1) is 8.71. The number of carbonyl (C=O) groups excluding carboxylic acids is 1. The SMILES string of the molecule is CNC(=O)CCOCc1ccc(CO)c(OC)c1. The lowest BCUT2D eigenvalue weighted by molar-refractivity contribution is -0.121. The molecule has 1 amide bonds. The van der Waals surface area contributed by atoms with E-state index in [4.69, 9.17) is 14.6 Å². The minimum atomic E-state index is -0.0546. The maximum Gasteiger partial charge on any atom is 0.222 e. The van der Waals surface area contributed by atoms with Crippen LogP contribution in [0.25, 0.3) is 0 Å². The molecule has 0 radical (unpaired) electrons. The van der Waals surface area contributed by atoms with E-state index in [1.807, 2.05) is 12.1 Å². The lowest BCUT2D eigenvalue weighted by atomic mass is 10.1. The summed E-state index contributed by atoms with van der Waals surface area (Å²) in [5.74, 6) is 0.605. The highest BCUT2D eigenvalue weighted by Gasteiger charge is 2.04. The first kappa shape index (κ1) is 14.5. The zero-order valence-corrected chi connectivity index (χ0v) is 10.7. The molecule has 0 aliphatic heterocycles. The highest BCUT2D eigenvalue weighted by atomic mass is 16.5. The smallest absolute Gasteiger partial charge is 0.222 e. The van der Waals surface area contributed by atoms with E-state index in [9.17, 15) is 4.79 Å². The Kier molecular flexibility index (Phi) is 6.18. The molecule has 0 spiro atoms. The van der Waals surface area contributed by atoms with Crippen molar-refractivity contribution < 1.29 is 19.4 Å². The van der Waals surface area contributed by atoms with Crippen molar-refractivity contribution in [1.29, 1.82) is 0 Å². The third-order valence-corrected chi connectivity index (χ3v) is 2.54. The lowest BCUT2D eigenvalue weighted by Gasteiger charge is -2.09. The second kappa shape index (κ2) is 7.68. The molecule has 0 bridgehead atoms. The zero-order chi connectivity index (χ0) is 13.4. The minimum Gasteiger partial charge on any atom is -0.496 e. The Morgan fingerprint density at radius 2 is 2.22 bits per heavy atom. The van der Waals surface area contributed by atoms with E-state index in [2.05, 4.69) is 5.32 Å². The van der Waals surface area contributed by atoms with Crippen LogP contribution in [-0.2, 0) is 22.7 Å². The van der Waals surface area contributed by atoms with Crippen LogP contribution in [0, 0.1) is 0 Å². The van der Waals surface area contributed by atoms with Crippen molar-refractivity contribution in [2.45, 2.75) is 19.6 Å². The maximum absolute atomic E-state index is 11.0. The molecule has 1 rings (SSSR count). The molecule has 0 aromatic heterocycles. The van der Waals surface area contributed by atoms with Gasteiger partial charge in [-0.2, -0.15) is 0 Å². The summed E-state index contributed by atoms with van der Waals surface area (Å²) < 4.78 is 10.5. The fraction of sp³-hybridized carbons (Fsp3) is 0.462. The molecule has 5 nitrogen and oxygen atoms in total. The molecular weight excluding hydrogens is 234 g/mol. The number of hydrogen-bond donors (Lipinski definition) is 2. The molecule has 0 saturated heterocycles. The number of ether oxygens (including phenoxy) is 2. The molecule has 2 N–H and O–H groups in total. The first-order valence-electron chi connectivity index (χ1n) is 5.76. The maximum atomic E-state index is 11.0. The first-order valence-corrected chi connectivity index (χ1v) is 5.76. The van der Waals surface area contributed by atoms with Gasteiger partial charge in [-0.15, -0.1) is 0 Å². The Hall–Kier alpha value is -1.59. The zero-order valence-electron chi connectivity index (χ0n) is 10.7. The van der Waals surface area contributed by atoms with Gasteiger partial charge in [-0.1, -0.05) is 12.1 Å². The number of carbonyl (C=O) groups is 1. The molecule has 0 atom stereocenters. The average molecular weight is 253 g/mol. The average Bonchev–Trinajstić information content (AvgIpc) is 2.42. The van der Waals surface area contributed by atoms with E-state index in [-0.39, 0.29) is 12.5 Å². The predicted molar refractivity (Wildman–Crippen MR) is 67.3 cm³/mol. The van der Waals surface area contributed by atoms with Gasteiger partial charge in [-0.25, -0.2) is 0 Å². The van der Waals surface area contributed by atoms with Crippen LogP contribution in [0.3, 0.4) is 0 Å². The topological polar surface area (TPSA) is 67.8 Å². The molecule has 1 aromatic rings. The van der Waals surface area contributed by atoms with E-state index in [1.165, 1.54) is 0 Å². The van der Waals surface area contributed by atoms with E-state index in [0.717, 1.165) is 11.1 Å². The summed E-state index contributed by atoms with van der Waals surface area (Å²) >= 11 is 0. The van der Waals surface area contributed by atoms with Crippen molar-refractivity contribution in [1.82, 2.24) is 5.32 Å². The van der Waals surface area contributed by atoms with Gasteiger partial charge in [0.05, 0.1) is 26.9 Å². The van der Waals surface area contributed by atoms with Crippen molar-refractivity contribution >= 4 is 5.91 Å². The van der Waals surface area contributed by atoms with E-state index >= 15 is 0 Å². The number of amides is 1. The molecule has 0 aliphatic rings. The Balaban J connectivity index is 2.45. The third-order valence-electron chi connectivity index (χ3n) is 2.54. The van der Waals surface area contributed by atoms with Gasteiger partial charge < -0.3 is 19.9 Å². The largest absolute Gasteiger partial charge is 0.496 e. The highest BCUT2D eigenvalue weighted by Crippen LogP contribution is 2.20. The summed E-state index contributed by atoms with van der Waals surface area (Å²) in [5.41, 5.74) is 1.69. The lowest BCUT2D eigenvalue weighted by Crippen LogP contribution is -2.19. The predicted octanol–water partition coefficient (Wildman–Crippen LogP) is 0.840. The molecule has 0 aliphatic carbocycles. The fourth-order valence-electron chi connectivity index (χ4n) is 1.49. The van der Waals surface area contributed by atoms with Gasteiger partial charge in [0.1, 0.15) is 5.75 Å². The van der Waals surface area contributed by atoms with E-state index in [0.29, 0.717) is 25.4 Å². The van der Waals surface area contributed by atoms with E-state index in [1.54, 1.807) is 20.2 Å². The highest BCUT2D eigenvalue weighted by molar-refractivity contribution is 5.75. The summed E-state index contributed by atoms with van der Waals surface area (Å²) in [6.07, 6.45) is 0.350. The minimum absolute atomic E-state index is 0.0387. The molecule has 0 heterocycles. The number of benzene rings is 1. The van der Waals surface area contributed by atoms with Crippen LogP contribution < -0.4 is 10.1 Å². The molecule has 0 unspecified atom stereocenters. The fourth-order valence-corrected chi connectivity index (χ4v) is 1.49. The number of methoxy groups -OCH3 is 1. The van der Waals surface area contributed by atoms with Gasteiger partial charge in [0.15, 0.2) is 0 Å². The van der Waals surface area contributed by atoms with Gasteiger partial charge in [0, 0.05) is 19.0 Å². The Bertz CT molecular complexity index is 393. The van der Waals surface area contributed by atoms with Crippen LogP contribution in [0.4, 0.5) is 0 Å². The normalized spacial score (nSPS) is 10.2. The van der Waals surface area contributed by atoms with Crippen molar-refractivity contribution in [2.24, 2.45) is 0 Å². The second-order valence-corrected chi connectivity index (χ2v) is 3.78. The number of aliphatic hydroxyl groups is 1. The van der Waals surface area contributed by atoms with Crippen molar-refractivity contribution in [3.05, 3.63) is 29.3 Å². The van der Waals surface area contributed by atoms with Crippen LogP contribution in [-0.4, -0.2) is 31.8 Å². The molecule has 18 heavy (non-hydrogen) atoms. The van der Waals surface area contributed by atoms with Crippen LogP contribution in [0.15, 0.2) is 18.2 Å². The number of hydrogen-bond acceptors (Lipinski definition) is 4. The van der Waals surface area contributed by atoms with Crippen molar-refractivity contribution in [3.63, 3.8) is 0 Å². The summed E-state index contributed by atoms with van der Waals surface area (Å²) in [7, 11) is 3.16. The summed E-state index contributed by atoms with van der Waals surface area (Å²) in [5, 5.41) is 11.6. The van der Waals surface area contributed by atoms with Gasteiger partial charge in [-0.3, -0.25) is 4.79 Å². The van der Waals surface area contributed by atoms with Crippen molar-refractivity contribution in [3.8, 4) is 5.75 Å². The third kappa shape index (κ3) is 4.35. The van der Waals surface area contributed by atoms with Crippen LogP contribution in [0.5, 0.6) is 5.75 Å². The van der Waals surface area contributed by atoms with Gasteiger partial charge in [-0.05, 0) is 11.6 Å². The summed E-state index contributed by atoms with van der Waals surface area (Å²) in [6.45, 7) is 0.740. The number of nitrogens with one attached hydrogen (secondary N) is 1. The summed E-state index contributed by atoms with van der Waals surface area (Å²) in [6, 6.07) is 5.50. The Morgan fingerprint density at radius 1 is 1.44 bits per heavy atom. The second-order valence-electron chi connectivity index (χ2n) is 3.78. The standard InChI is InChI=1S/C13H19NO4/c1-14-13(16)5-6-18-9-10-3-4-11(8-15)12(7-10)17-2/h3-4,7,15H,5-6,8-9H2,1-2H3,(H,14,16). The van der Waals surface area contributed by atoms with Gasteiger partial charge >= 0.3 is 0 Å². The Labute approximate surface area is 107 Å². The van der Waals surface area contributed by atoms with Gasteiger partial charge in [0.25, 0.3) is 0 Å². The molecule has 0 fully saturated rings. The molecule has 0 saturated carbocycles. The number of rotatable bonds is 7. The molecular formula is C13H19NO4. The van der Waals surface area contributed by atoms with Gasteiger partial charge in [0.2, 0.25) is 5.91 Å². The van der Waals surface area contributed by atoms with Crippen molar-refractivity contribution in [2.75, 3.05) is 20.8 Å². The molecule has 100 valence electrons. The van der Waals surface area contributed by atoms with Crippen LogP contribution >= 0.6 is 0 Å².